The molecule has 0 saturated heterocycles. The number of anilines is 2. The topological polar surface area (TPSA) is 109 Å². The lowest BCUT2D eigenvalue weighted by atomic mass is 10.2. The van der Waals surface area contributed by atoms with E-state index in [9.17, 15) is 8.42 Å². The number of benzene rings is 1. The Kier molecular flexibility index (Phi) is 4.10. The summed E-state index contributed by atoms with van der Waals surface area (Å²) in [5, 5.41) is 11.9. The van der Waals surface area contributed by atoms with Gasteiger partial charge in [0, 0.05) is 19.0 Å². The van der Waals surface area contributed by atoms with E-state index in [2.05, 4.69) is 10.3 Å². The molecule has 3 N–H and O–H groups in total. The van der Waals surface area contributed by atoms with Crippen molar-refractivity contribution in [1.29, 1.82) is 5.26 Å². The molecule has 1 aromatic heterocycles. The van der Waals surface area contributed by atoms with E-state index in [0.717, 1.165) is 11.8 Å². The second-order valence-electron chi connectivity index (χ2n) is 4.50. The molecule has 7 heteroatoms. The van der Waals surface area contributed by atoms with Gasteiger partial charge >= 0.3 is 0 Å². The number of hydrogen-bond acceptors (Lipinski definition) is 6. The van der Waals surface area contributed by atoms with E-state index in [4.69, 9.17) is 11.0 Å². The van der Waals surface area contributed by atoms with Crippen LogP contribution in [0.2, 0.25) is 0 Å². The number of aromatic nitrogens is 1. The fourth-order valence-electron chi connectivity index (χ4n) is 1.75. The van der Waals surface area contributed by atoms with E-state index >= 15 is 0 Å². The van der Waals surface area contributed by atoms with Gasteiger partial charge < -0.3 is 11.1 Å². The molecular weight excluding hydrogens is 288 g/mol. The van der Waals surface area contributed by atoms with Gasteiger partial charge in [-0.1, -0.05) is 12.1 Å². The maximum Gasteiger partial charge on any atom is 0.175 e. The van der Waals surface area contributed by atoms with Gasteiger partial charge in [-0.05, 0) is 23.8 Å². The van der Waals surface area contributed by atoms with Crippen LogP contribution in [0, 0.1) is 11.3 Å². The zero-order valence-electron chi connectivity index (χ0n) is 11.4. The van der Waals surface area contributed by atoms with Crippen molar-refractivity contribution in [2.75, 3.05) is 17.3 Å². The Morgan fingerprint density at radius 2 is 1.95 bits per heavy atom. The van der Waals surface area contributed by atoms with Gasteiger partial charge in [0.15, 0.2) is 15.7 Å². The average molecular weight is 302 g/mol. The highest BCUT2D eigenvalue weighted by Crippen LogP contribution is 2.20. The number of hydrogen-bond donors (Lipinski definition) is 2. The van der Waals surface area contributed by atoms with Crippen molar-refractivity contribution in [2.45, 2.75) is 11.4 Å². The summed E-state index contributed by atoms with van der Waals surface area (Å²) in [6.45, 7) is 0.427. The molecular formula is C14H14N4O2S. The molecule has 21 heavy (non-hydrogen) atoms. The Balaban J connectivity index is 2.13. The quantitative estimate of drug-likeness (QED) is 0.887. The van der Waals surface area contributed by atoms with Crippen molar-refractivity contribution in [2.24, 2.45) is 0 Å². The van der Waals surface area contributed by atoms with Crippen LogP contribution in [-0.2, 0) is 16.4 Å². The number of sulfone groups is 1. The summed E-state index contributed by atoms with van der Waals surface area (Å²) in [5.74, 6) is 0.432. The normalized spacial score (nSPS) is 10.9. The molecule has 2 aromatic rings. The molecule has 0 amide bonds. The minimum atomic E-state index is -3.19. The SMILES string of the molecule is CS(=O)(=O)c1ccc(CNc2nccc(C#N)c2N)cc1. The Morgan fingerprint density at radius 1 is 1.29 bits per heavy atom. The van der Waals surface area contributed by atoms with Crippen LogP contribution in [0.25, 0.3) is 0 Å². The standard InChI is InChI=1S/C14H14N4O2S/c1-21(19,20)12-4-2-10(3-5-12)9-18-14-13(16)11(8-15)6-7-17-14/h2-7H,9,16H2,1H3,(H,17,18). The van der Waals surface area contributed by atoms with E-state index in [0.29, 0.717) is 23.6 Å². The average Bonchev–Trinajstić information content (AvgIpc) is 2.46. The van der Waals surface area contributed by atoms with Crippen LogP contribution in [-0.4, -0.2) is 19.7 Å². The number of rotatable bonds is 4. The zero-order valence-corrected chi connectivity index (χ0v) is 12.2. The summed E-state index contributed by atoms with van der Waals surface area (Å²) in [5.41, 5.74) is 7.35. The van der Waals surface area contributed by atoms with Crippen LogP contribution in [0.1, 0.15) is 11.1 Å². The first kappa shape index (κ1) is 14.8. The summed E-state index contributed by atoms with van der Waals surface area (Å²) in [6.07, 6.45) is 2.67. The van der Waals surface area contributed by atoms with Crippen molar-refractivity contribution in [3.63, 3.8) is 0 Å². The third-order valence-electron chi connectivity index (χ3n) is 2.92. The molecule has 0 aliphatic heterocycles. The third kappa shape index (κ3) is 3.49. The number of nitriles is 1. The Hall–Kier alpha value is -2.59. The van der Waals surface area contributed by atoms with Gasteiger partial charge in [0.1, 0.15) is 6.07 Å². The minimum Gasteiger partial charge on any atom is -0.395 e. The molecule has 0 aliphatic carbocycles. The minimum absolute atomic E-state index is 0.273. The van der Waals surface area contributed by atoms with Crippen LogP contribution in [0.5, 0.6) is 0 Å². The van der Waals surface area contributed by atoms with Crippen molar-refractivity contribution in [3.05, 3.63) is 47.7 Å². The second kappa shape index (κ2) is 5.81. The molecule has 0 radical (unpaired) electrons. The molecule has 0 bridgehead atoms. The van der Waals surface area contributed by atoms with Crippen LogP contribution < -0.4 is 11.1 Å². The lowest BCUT2D eigenvalue weighted by Gasteiger charge is -2.09. The van der Waals surface area contributed by atoms with Crippen molar-refractivity contribution in [3.8, 4) is 6.07 Å². The predicted molar refractivity (Wildman–Crippen MR) is 80.2 cm³/mol. The first-order chi connectivity index (χ1) is 9.91. The largest absolute Gasteiger partial charge is 0.395 e. The molecule has 1 aromatic carbocycles. The van der Waals surface area contributed by atoms with Gasteiger partial charge in [-0.3, -0.25) is 0 Å². The molecule has 1 heterocycles. The van der Waals surface area contributed by atoms with Gasteiger partial charge in [0.05, 0.1) is 16.1 Å². The van der Waals surface area contributed by atoms with Gasteiger partial charge in [-0.25, -0.2) is 13.4 Å². The van der Waals surface area contributed by atoms with E-state index in [1.807, 2.05) is 6.07 Å². The van der Waals surface area contributed by atoms with E-state index in [1.165, 1.54) is 6.20 Å². The van der Waals surface area contributed by atoms with Crippen molar-refractivity contribution < 1.29 is 8.42 Å². The summed E-state index contributed by atoms with van der Waals surface area (Å²) in [6, 6.07) is 10.1. The number of nitrogens with two attached hydrogens (primary N) is 1. The Bertz CT molecular complexity index is 793. The highest BCUT2D eigenvalue weighted by molar-refractivity contribution is 7.90. The Labute approximate surface area is 123 Å². The van der Waals surface area contributed by atoms with Crippen LogP contribution >= 0.6 is 0 Å². The molecule has 108 valence electrons. The van der Waals surface area contributed by atoms with Gasteiger partial charge in [-0.15, -0.1) is 0 Å². The fourth-order valence-corrected chi connectivity index (χ4v) is 2.38. The summed E-state index contributed by atoms with van der Waals surface area (Å²) in [7, 11) is -3.19. The maximum atomic E-state index is 11.4. The predicted octanol–water partition coefficient (Wildman–Crippen LogP) is 1.55. The number of nitrogen functional groups attached to an aromatic ring is 1. The first-order valence-electron chi connectivity index (χ1n) is 6.09. The maximum absolute atomic E-state index is 11.4. The van der Waals surface area contributed by atoms with Gasteiger partial charge in [0.25, 0.3) is 0 Å². The molecule has 0 atom stereocenters. The molecule has 2 rings (SSSR count). The molecule has 0 fully saturated rings. The monoisotopic (exact) mass is 302 g/mol. The molecule has 0 aliphatic rings. The Morgan fingerprint density at radius 3 is 2.52 bits per heavy atom. The van der Waals surface area contributed by atoms with Crippen LogP contribution in [0.4, 0.5) is 11.5 Å². The smallest absolute Gasteiger partial charge is 0.175 e. The molecule has 0 spiro atoms. The van der Waals surface area contributed by atoms with Crippen LogP contribution in [0.3, 0.4) is 0 Å². The van der Waals surface area contributed by atoms with Gasteiger partial charge in [0.2, 0.25) is 0 Å². The molecule has 6 nitrogen and oxygen atoms in total. The lowest BCUT2D eigenvalue weighted by molar-refractivity contribution is 0.602. The zero-order chi connectivity index (χ0) is 15.5. The van der Waals surface area contributed by atoms with Crippen molar-refractivity contribution >= 4 is 21.3 Å². The van der Waals surface area contributed by atoms with E-state index in [1.54, 1.807) is 30.3 Å². The summed E-state index contributed by atoms with van der Waals surface area (Å²) < 4.78 is 22.7. The molecule has 0 saturated carbocycles. The number of nitrogens with one attached hydrogen (secondary N) is 1. The second-order valence-corrected chi connectivity index (χ2v) is 6.52. The highest BCUT2D eigenvalue weighted by Gasteiger charge is 2.07. The third-order valence-corrected chi connectivity index (χ3v) is 4.05. The van der Waals surface area contributed by atoms with E-state index < -0.39 is 9.84 Å². The highest BCUT2D eigenvalue weighted by atomic mass is 32.2. The fraction of sp³-hybridized carbons (Fsp3) is 0.143. The summed E-state index contributed by atoms with van der Waals surface area (Å²) in [4.78, 5) is 4.35. The lowest BCUT2D eigenvalue weighted by Crippen LogP contribution is -2.06. The summed E-state index contributed by atoms with van der Waals surface area (Å²) >= 11 is 0. The first-order valence-corrected chi connectivity index (χ1v) is 7.98. The van der Waals surface area contributed by atoms with E-state index in [-0.39, 0.29) is 4.90 Å². The molecule has 0 unspecified atom stereocenters. The van der Waals surface area contributed by atoms with Crippen LogP contribution in [0.15, 0.2) is 41.4 Å². The number of nitrogens with zero attached hydrogens (tertiary/aromatic N) is 2. The van der Waals surface area contributed by atoms with Crippen molar-refractivity contribution in [1.82, 2.24) is 4.98 Å². The number of pyridine rings is 1. The van der Waals surface area contributed by atoms with Gasteiger partial charge in [-0.2, -0.15) is 5.26 Å².